The maximum atomic E-state index is 12.7. The van der Waals surface area contributed by atoms with E-state index in [1.54, 1.807) is 31.4 Å². The van der Waals surface area contributed by atoms with E-state index in [2.05, 4.69) is 9.08 Å². The lowest BCUT2D eigenvalue weighted by atomic mass is 10.2. The van der Waals surface area contributed by atoms with Gasteiger partial charge in [-0.1, -0.05) is 18.2 Å². The summed E-state index contributed by atoms with van der Waals surface area (Å²) in [5.74, 6) is 0.0514. The Bertz CT molecular complexity index is 888. The molecule has 25 heavy (non-hydrogen) atoms. The van der Waals surface area contributed by atoms with Crippen LogP contribution in [0.4, 0.5) is 5.69 Å². The molecule has 134 valence electrons. The molecule has 0 aromatic heterocycles. The zero-order valence-electron chi connectivity index (χ0n) is 14.2. The number of carboxylic acid groups (broad SMARTS) is 1. The average molecular weight is 364 g/mol. The summed E-state index contributed by atoms with van der Waals surface area (Å²) in [4.78, 5) is 11.2. The molecule has 8 heteroatoms. The van der Waals surface area contributed by atoms with E-state index in [9.17, 15) is 14.1 Å². The third-order valence-corrected chi connectivity index (χ3v) is 4.62. The molecule has 2 rings (SSSR count). The molecule has 2 aromatic rings. The number of carboxylic acids is 1. The Balaban J connectivity index is 2.22. The lowest BCUT2D eigenvalue weighted by Crippen LogP contribution is -2.21. The first-order valence-electron chi connectivity index (χ1n) is 7.36. The van der Waals surface area contributed by atoms with Crippen molar-refractivity contribution < 1.29 is 23.6 Å². The number of carbonyl (C=O) groups is 1. The van der Waals surface area contributed by atoms with Gasteiger partial charge in [-0.2, -0.15) is 4.36 Å². The zero-order valence-corrected chi connectivity index (χ0v) is 15.0. The molecule has 0 spiro atoms. The van der Waals surface area contributed by atoms with Gasteiger partial charge in [0.05, 0.1) is 25.5 Å². The van der Waals surface area contributed by atoms with Crippen LogP contribution >= 0.6 is 0 Å². The number of nitrogens with one attached hydrogen (secondary N) is 1. The minimum absolute atomic E-state index is 0.00462. The van der Waals surface area contributed by atoms with E-state index in [0.29, 0.717) is 11.5 Å². The minimum Gasteiger partial charge on any atom is -0.493 e. The highest BCUT2D eigenvalue weighted by Gasteiger charge is 2.11. The third-order valence-electron chi connectivity index (χ3n) is 3.40. The standard InChI is InChI=1S/C17H20N2O5S/c1-23-15-9-8-12(10-16(15)24-2)11-18-25(3,22)19-14-7-5-4-6-13(14)17(20)21/h4-10H,11H2,1-3H3,(H,20,21)(H,18,19,22). The lowest BCUT2D eigenvalue weighted by Gasteiger charge is -2.11. The van der Waals surface area contributed by atoms with Crippen molar-refractivity contribution in [3.63, 3.8) is 0 Å². The highest BCUT2D eigenvalue weighted by Crippen LogP contribution is 2.27. The van der Waals surface area contributed by atoms with Gasteiger partial charge in [0.15, 0.2) is 11.5 Å². The van der Waals surface area contributed by atoms with E-state index in [0.717, 1.165) is 5.56 Å². The van der Waals surface area contributed by atoms with Gasteiger partial charge in [0.1, 0.15) is 9.92 Å². The Morgan fingerprint density at radius 1 is 1.16 bits per heavy atom. The first kappa shape index (κ1) is 18.8. The Morgan fingerprint density at radius 2 is 1.84 bits per heavy atom. The van der Waals surface area contributed by atoms with Gasteiger partial charge in [0, 0.05) is 12.8 Å². The molecule has 7 nitrogen and oxygen atoms in total. The molecular weight excluding hydrogens is 344 g/mol. The topological polar surface area (TPSA) is 97.2 Å². The number of ether oxygens (including phenoxy) is 2. The second kappa shape index (κ2) is 8.00. The van der Waals surface area contributed by atoms with Crippen LogP contribution in [0.15, 0.2) is 46.8 Å². The summed E-state index contributed by atoms with van der Waals surface area (Å²) < 4.78 is 30.0. The molecule has 1 unspecified atom stereocenters. The van der Waals surface area contributed by atoms with E-state index < -0.39 is 15.9 Å². The van der Waals surface area contributed by atoms with Crippen molar-refractivity contribution in [2.45, 2.75) is 6.54 Å². The summed E-state index contributed by atoms with van der Waals surface area (Å²) in [6.45, 7) is 0.272. The molecule has 0 aliphatic heterocycles. The van der Waals surface area contributed by atoms with Gasteiger partial charge in [-0.3, -0.25) is 0 Å². The highest BCUT2D eigenvalue weighted by molar-refractivity contribution is 7.91. The van der Waals surface area contributed by atoms with Crippen LogP contribution < -0.4 is 14.2 Å². The molecule has 0 bridgehead atoms. The SMILES string of the molecule is COc1ccc(CNS(C)(=O)=Nc2ccccc2C(=O)O)cc1OC. The number of nitrogens with zero attached hydrogens (tertiary/aromatic N) is 1. The van der Waals surface area contributed by atoms with E-state index >= 15 is 0 Å². The summed E-state index contributed by atoms with van der Waals surface area (Å²) in [6.07, 6.45) is 1.42. The molecule has 0 amide bonds. The molecule has 0 aliphatic carbocycles. The van der Waals surface area contributed by atoms with Gasteiger partial charge in [-0.15, -0.1) is 0 Å². The molecular formula is C17H20N2O5S. The van der Waals surface area contributed by atoms with Crippen molar-refractivity contribution in [1.29, 1.82) is 0 Å². The molecule has 0 saturated carbocycles. The van der Waals surface area contributed by atoms with Crippen LogP contribution in [0.25, 0.3) is 0 Å². The first-order chi connectivity index (χ1) is 11.9. The molecule has 0 radical (unpaired) electrons. The average Bonchev–Trinajstić information content (AvgIpc) is 2.59. The fraction of sp³-hybridized carbons (Fsp3) is 0.235. The Labute approximate surface area is 146 Å². The molecule has 0 aliphatic rings. The Kier molecular flexibility index (Phi) is 6.00. The van der Waals surface area contributed by atoms with Crippen molar-refractivity contribution in [2.75, 3.05) is 20.5 Å². The second-order valence-electron chi connectivity index (χ2n) is 5.23. The van der Waals surface area contributed by atoms with Gasteiger partial charge in [-0.25, -0.2) is 13.7 Å². The highest BCUT2D eigenvalue weighted by atomic mass is 32.2. The lowest BCUT2D eigenvalue weighted by molar-refractivity contribution is 0.0698. The van der Waals surface area contributed by atoms with Crippen LogP contribution in [0.1, 0.15) is 15.9 Å². The van der Waals surface area contributed by atoms with Gasteiger partial charge >= 0.3 is 5.97 Å². The number of aromatic carboxylic acids is 1. The number of hydrogen-bond donors (Lipinski definition) is 2. The second-order valence-corrected chi connectivity index (χ2v) is 7.30. The van der Waals surface area contributed by atoms with Gasteiger partial charge in [0.2, 0.25) is 0 Å². The number of rotatable bonds is 7. The van der Waals surface area contributed by atoms with Crippen molar-refractivity contribution >= 4 is 21.6 Å². The van der Waals surface area contributed by atoms with Crippen LogP contribution in [-0.4, -0.2) is 35.8 Å². The predicted molar refractivity (Wildman–Crippen MR) is 95.9 cm³/mol. The van der Waals surface area contributed by atoms with Gasteiger partial charge < -0.3 is 14.6 Å². The minimum atomic E-state index is -2.83. The summed E-state index contributed by atoms with van der Waals surface area (Å²) >= 11 is 0. The van der Waals surface area contributed by atoms with Crippen LogP contribution in [-0.2, 0) is 16.5 Å². The zero-order chi connectivity index (χ0) is 18.4. The first-order valence-corrected chi connectivity index (χ1v) is 9.28. The third kappa shape index (κ3) is 4.94. The molecule has 1 atom stereocenters. The van der Waals surface area contributed by atoms with Crippen LogP contribution in [0.3, 0.4) is 0 Å². The predicted octanol–water partition coefficient (Wildman–Crippen LogP) is 2.84. The van der Waals surface area contributed by atoms with Crippen LogP contribution in [0.5, 0.6) is 11.5 Å². The van der Waals surface area contributed by atoms with Crippen LogP contribution in [0.2, 0.25) is 0 Å². The smallest absolute Gasteiger partial charge is 0.337 e. The molecule has 2 aromatic carbocycles. The van der Waals surface area contributed by atoms with Crippen LogP contribution in [0, 0.1) is 0 Å². The number of hydrogen-bond acceptors (Lipinski definition) is 5. The summed E-state index contributed by atoms with van der Waals surface area (Å²) in [7, 11) is 0.252. The fourth-order valence-electron chi connectivity index (χ4n) is 2.16. The molecule has 0 fully saturated rings. The van der Waals surface area contributed by atoms with E-state index in [4.69, 9.17) is 9.47 Å². The van der Waals surface area contributed by atoms with Gasteiger partial charge in [0.25, 0.3) is 0 Å². The van der Waals surface area contributed by atoms with Crippen molar-refractivity contribution in [3.05, 3.63) is 53.6 Å². The van der Waals surface area contributed by atoms with E-state index in [-0.39, 0.29) is 17.8 Å². The fourth-order valence-corrected chi connectivity index (χ4v) is 3.20. The van der Waals surface area contributed by atoms with Gasteiger partial charge in [-0.05, 0) is 29.8 Å². The monoisotopic (exact) mass is 364 g/mol. The van der Waals surface area contributed by atoms with E-state index in [1.807, 2.05) is 6.07 Å². The maximum absolute atomic E-state index is 12.7. The molecule has 0 saturated heterocycles. The largest absolute Gasteiger partial charge is 0.493 e. The Hall–Kier alpha value is -2.58. The normalized spacial score (nSPS) is 12.9. The van der Waals surface area contributed by atoms with Crippen molar-refractivity contribution in [1.82, 2.24) is 4.72 Å². The van der Waals surface area contributed by atoms with Crippen molar-refractivity contribution in [3.8, 4) is 11.5 Å². The molecule has 2 N–H and O–H groups in total. The maximum Gasteiger partial charge on any atom is 0.337 e. The number of benzene rings is 2. The van der Waals surface area contributed by atoms with E-state index in [1.165, 1.54) is 25.5 Å². The summed E-state index contributed by atoms with van der Waals surface area (Å²) in [6, 6.07) is 11.5. The molecule has 0 heterocycles. The Morgan fingerprint density at radius 3 is 2.48 bits per heavy atom. The summed E-state index contributed by atoms with van der Waals surface area (Å²) in [5, 5.41) is 9.18. The van der Waals surface area contributed by atoms with Crippen molar-refractivity contribution in [2.24, 2.45) is 4.36 Å². The number of methoxy groups -OCH3 is 2. The summed E-state index contributed by atoms with van der Waals surface area (Å²) in [5.41, 5.74) is 1.00. The quantitative estimate of drug-likeness (QED) is 0.787.